The lowest BCUT2D eigenvalue weighted by Crippen LogP contribution is -2.23. The van der Waals surface area contributed by atoms with Crippen LogP contribution in [0.3, 0.4) is 0 Å². The Morgan fingerprint density at radius 1 is 1.26 bits per heavy atom. The molecule has 1 rings (SSSR count). The van der Waals surface area contributed by atoms with Crippen LogP contribution in [0.5, 0.6) is 11.5 Å². The van der Waals surface area contributed by atoms with Crippen molar-refractivity contribution in [2.24, 2.45) is 0 Å². The van der Waals surface area contributed by atoms with E-state index in [4.69, 9.17) is 9.47 Å². The SMILES string of the molecule is COc1ccc(CNC(C)C)c(OCCN(C)C)c1. The summed E-state index contributed by atoms with van der Waals surface area (Å²) in [5, 5.41) is 3.41. The Labute approximate surface area is 116 Å². The molecule has 1 aromatic carbocycles. The zero-order valence-electron chi connectivity index (χ0n) is 12.7. The molecule has 0 aliphatic heterocycles. The Balaban J connectivity index is 2.71. The summed E-state index contributed by atoms with van der Waals surface area (Å²) < 4.78 is 11.1. The number of benzene rings is 1. The number of rotatable bonds is 8. The van der Waals surface area contributed by atoms with Gasteiger partial charge in [-0.1, -0.05) is 19.9 Å². The van der Waals surface area contributed by atoms with Crippen LogP contribution in [-0.4, -0.2) is 45.3 Å². The minimum atomic E-state index is 0.455. The van der Waals surface area contributed by atoms with Crippen molar-refractivity contribution in [1.29, 1.82) is 0 Å². The van der Waals surface area contributed by atoms with Crippen molar-refractivity contribution in [2.45, 2.75) is 26.4 Å². The quantitative estimate of drug-likeness (QED) is 0.781. The molecule has 0 heterocycles. The number of likely N-dealkylation sites (N-methyl/N-ethyl adjacent to an activating group) is 1. The van der Waals surface area contributed by atoms with Crippen molar-refractivity contribution in [3.8, 4) is 11.5 Å². The van der Waals surface area contributed by atoms with Gasteiger partial charge in [0.2, 0.25) is 0 Å². The van der Waals surface area contributed by atoms with Crippen molar-refractivity contribution >= 4 is 0 Å². The number of hydrogen-bond donors (Lipinski definition) is 1. The molecule has 4 heteroatoms. The first-order chi connectivity index (χ1) is 9.02. The Bertz CT molecular complexity index is 378. The predicted molar refractivity (Wildman–Crippen MR) is 79.0 cm³/mol. The van der Waals surface area contributed by atoms with Gasteiger partial charge in [0.25, 0.3) is 0 Å². The molecule has 0 bridgehead atoms. The van der Waals surface area contributed by atoms with Crippen LogP contribution in [0, 0.1) is 0 Å². The van der Waals surface area contributed by atoms with Gasteiger partial charge in [0, 0.05) is 30.8 Å². The van der Waals surface area contributed by atoms with Gasteiger partial charge in [-0.05, 0) is 20.2 Å². The summed E-state index contributed by atoms with van der Waals surface area (Å²) in [5.74, 6) is 1.72. The minimum Gasteiger partial charge on any atom is -0.497 e. The number of methoxy groups -OCH3 is 1. The minimum absolute atomic E-state index is 0.455. The maximum absolute atomic E-state index is 5.86. The fraction of sp³-hybridized carbons (Fsp3) is 0.600. The molecule has 0 saturated heterocycles. The molecule has 0 spiro atoms. The molecule has 19 heavy (non-hydrogen) atoms. The number of nitrogens with zero attached hydrogens (tertiary/aromatic N) is 1. The monoisotopic (exact) mass is 266 g/mol. The Hall–Kier alpha value is -1.26. The fourth-order valence-electron chi connectivity index (χ4n) is 1.59. The topological polar surface area (TPSA) is 33.7 Å². The molecule has 0 aliphatic carbocycles. The largest absolute Gasteiger partial charge is 0.497 e. The Kier molecular flexibility index (Phi) is 6.67. The van der Waals surface area contributed by atoms with Gasteiger partial charge in [-0.25, -0.2) is 0 Å². The van der Waals surface area contributed by atoms with Crippen LogP contribution in [0.1, 0.15) is 19.4 Å². The number of nitrogens with one attached hydrogen (secondary N) is 1. The smallest absolute Gasteiger partial charge is 0.127 e. The second-order valence-corrected chi connectivity index (χ2v) is 5.16. The lowest BCUT2D eigenvalue weighted by Gasteiger charge is -2.16. The third kappa shape index (κ3) is 5.94. The van der Waals surface area contributed by atoms with Crippen LogP contribution in [0.4, 0.5) is 0 Å². The highest BCUT2D eigenvalue weighted by molar-refractivity contribution is 5.40. The lowest BCUT2D eigenvalue weighted by atomic mass is 10.2. The summed E-state index contributed by atoms with van der Waals surface area (Å²) in [6.45, 7) is 6.65. The molecule has 0 radical (unpaired) electrons. The zero-order chi connectivity index (χ0) is 14.3. The Morgan fingerprint density at radius 3 is 2.58 bits per heavy atom. The molecule has 0 atom stereocenters. The van der Waals surface area contributed by atoms with E-state index in [9.17, 15) is 0 Å². The normalized spacial score (nSPS) is 11.1. The molecule has 108 valence electrons. The van der Waals surface area contributed by atoms with Crippen molar-refractivity contribution in [2.75, 3.05) is 34.4 Å². The van der Waals surface area contributed by atoms with Gasteiger partial charge < -0.3 is 19.7 Å². The summed E-state index contributed by atoms with van der Waals surface area (Å²) in [4.78, 5) is 2.10. The zero-order valence-corrected chi connectivity index (χ0v) is 12.7. The lowest BCUT2D eigenvalue weighted by molar-refractivity contribution is 0.258. The highest BCUT2D eigenvalue weighted by Gasteiger charge is 2.07. The van der Waals surface area contributed by atoms with Crippen molar-refractivity contribution < 1.29 is 9.47 Å². The third-order valence-electron chi connectivity index (χ3n) is 2.77. The van der Waals surface area contributed by atoms with E-state index >= 15 is 0 Å². The van der Waals surface area contributed by atoms with Gasteiger partial charge in [0.15, 0.2) is 0 Å². The number of hydrogen-bond acceptors (Lipinski definition) is 4. The van der Waals surface area contributed by atoms with E-state index in [1.165, 1.54) is 0 Å². The maximum atomic E-state index is 5.86. The van der Waals surface area contributed by atoms with Crippen molar-refractivity contribution in [3.05, 3.63) is 23.8 Å². The molecular formula is C15H26N2O2. The maximum Gasteiger partial charge on any atom is 0.127 e. The van der Waals surface area contributed by atoms with E-state index in [1.54, 1.807) is 7.11 Å². The first kappa shape index (κ1) is 15.8. The van der Waals surface area contributed by atoms with E-state index in [1.807, 2.05) is 26.2 Å². The highest BCUT2D eigenvalue weighted by atomic mass is 16.5. The van der Waals surface area contributed by atoms with E-state index < -0.39 is 0 Å². The summed E-state index contributed by atoms with van der Waals surface area (Å²) in [7, 11) is 5.75. The van der Waals surface area contributed by atoms with Gasteiger partial charge >= 0.3 is 0 Å². The summed E-state index contributed by atoms with van der Waals surface area (Å²) in [6.07, 6.45) is 0. The summed E-state index contributed by atoms with van der Waals surface area (Å²) in [5.41, 5.74) is 1.16. The molecule has 0 unspecified atom stereocenters. The fourth-order valence-corrected chi connectivity index (χ4v) is 1.59. The molecule has 0 saturated carbocycles. The molecule has 0 amide bonds. The van der Waals surface area contributed by atoms with Gasteiger partial charge in [-0.3, -0.25) is 0 Å². The van der Waals surface area contributed by atoms with Crippen LogP contribution >= 0.6 is 0 Å². The predicted octanol–water partition coefficient (Wildman–Crippen LogP) is 2.13. The Morgan fingerprint density at radius 2 is 2.00 bits per heavy atom. The van der Waals surface area contributed by atoms with E-state index in [-0.39, 0.29) is 0 Å². The molecule has 1 aromatic rings. The van der Waals surface area contributed by atoms with Crippen molar-refractivity contribution in [1.82, 2.24) is 10.2 Å². The van der Waals surface area contributed by atoms with Gasteiger partial charge in [0.05, 0.1) is 7.11 Å². The van der Waals surface area contributed by atoms with Crippen LogP contribution in [0.15, 0.2) is 18.2 Å². The molecular weight excluding hydrogens is 240 g/mol. The molecule has 0 fully saturated rings. The third-order valence-corrected chi connectivity index (χ3v) is 2.77. The molecule has 4 nitrogen and oxygen atoms in total. The molecule has 1 N–H and O–H groups in total. The van der Waals surface area contributed by atoms with Crippen LogP contribution in [-0.2, 0) is 6.54 Å². The van der Waals surface area contributed by atoms with E-state index in [0.717, 1.165) is 30.2 Å². The average molecular weight is 266 g/mol. The first-order valence-corrected chi connectivity index (χ1v) is 6.70. The van der Waals surface area contributed by atoms with E-state index in [2.05, 4.69) is 30.1 Å². The summed E-state index contributed by atoms with van der Waals surface area (Å²) >= 11 is 0. The van der Waals surface area contributed by atoms with Crippen LogP contribution in [0.2, 0.25) is 0 Å². The van der Waals surface area contributed by atoms with E-state index in [0.29, 0.717) is 12.6 Å². The van der Waals surface area contributed by atoms with Gasteiger partial charge in [-0.15, -0.1) is 0 Å². The second kappa shape index (κ2) is 8.02. The van der Waals surface area contributed by atoms with Crippen LogP contribution < -0.4 is 14.8 Å². The molecule has 0 aliphatic rings. The first-order valence-electron chi connectivity index (χ1n) is 6.70. The number of ether oxygens (including phenoxy) is 2. The standard InChI is InChI=1S/C15H26N2O2/c1-12(2)16-11-13-6-7-14(18-5)10-15(13)19-9-8-17(3)4/h6-7,10,12,16H,8-9,11H2,1-5H3. The van der Waals surface area contributed by atoms with Gasteiger partial charge in [0.1, 0.15) is 18.1 Å². The highest BCUT2D eigenvalue weighted by Crippen LogP contribution is 2.25. The van der Waals surface area contributed by atoms with Crippen LogP contribution in [0.25, 0.3) is 0 Å². The molecule has 0 aromatic heterocycles. The summed E-state index contributed by atoms with van der Waals surface area (Å²) in [6, 6.07) is 6.43. The van der Waals surface area contributed by atoms with Gasteiger partial charge in [-0.2, -0.15) is 0 Å². The average Bonchev–Trinajstić information content (AvgIpc) is 2.36. The van der Waals surface area contributed by atoms with Crippen molar-refractivity contribution in [3.63, 3.8) is 0 Å². The second-order valence-electron chi connectivity index (χ2n) is 5.16.